The maximum atomic E-state index is 12.5. The lowest BCUT2D eigenvalue weighted by Gasteiger charge is -2.15. The Labute approximate surface area is 166 Å². The molecule has 26 heavy (non-hydrogen) atoms. The number of halogens is 1. The van der Waals surface area contributed by atoms with Gasteiger partial charge >= 0.3 is 0 Å². The average Bonchev–Trinajstić information content (AvgIpc) is 3.17. The third kappa shape index (κ3) is 4.88. The summed E-state index contributed by atoms with van der Waals surface area (Å²) in [7, 11) is -3.42. The number of anilines is 1. The SMILES string of the molecule is O=C(CSc1ccc(Br)cc1)Nc1ccc(S(=O)(=O)N2CCCC2)cc1. The Morgan fingerprint density at radius 1 is 1.04 bits per heavy atom. The Morgan fingerprint density at radius 3 is 2.27 bits per heavy atom. The first-order valence-corrected chi connectivity index (χ1v) is 11.5. The number of rotatable bonds is 6. The van der Waals surface area contributed by atoms with Crippen LogP contribution in [0.15, 0.2) is 62.8 Å². The second-order valence-electron chi connectivity index (χ2n) is 5.93. The minimum Gasteiger partial charge on any atom is -0.325 e. The van der Waals surface area contributed by atoms with Gasteiger partial charge in [0.2, 0.25) is 15.9 Å². The van der Waals surface area contributed by atoms with E-state index in [0.717, 1.165) is 22.2 Å². The van der Waals surface area contributed by atoms with Crippen LogP contribution in [0.25, 0.3) is 0 Å². The van der Waals surface area contributed by atoms with Crippen LogP contribution in [0.1, 0.15) is 12.8 Å². The second-order valence-corrected chi connectivity index (χ2v) is 9.83. The van der Waals surface area contributed by atoms with E-state index in [-0.39, 0.29) is 16.6 Å². The van der Waals surface area contributed by atoms with Gasteiger partial charge in [0, 0.05) is 28.1 Å². The van der Waals surface area contributed by atoms with Crippen LogP contribution in [-0.2, 0) is 14.8 Å². The third-order valence-electron chi connectivity index (χ3n) is 4.02. The number of sulfonamides is 1. The number of carbonyl (C=O) groups excluding carboxylic acids is 1. The molecule has 2 aromatic rings. The molecule has 8 heteroatoms. The maximum absolute atomic E-state index is 12.5. The van der Waals surface area contributed by atoms with Crippen molar-refractivity contribution in [3.05, 3.63) is 53.0 Å². The molecule has 0 atom stereocenters. The fourth-order valence-corrected chi connectivity index (χ4v) is 5.14. The Balaban J connectivity index is 1.56. The van der Waals surface area contributed by atoms with E-state index in [0.29, 0.717) is 18.8 Å². The number of nitrogens with zero attached hydrogens (tertiary/aromatic N) is 1. The lowest BCUT2D eigenvalue weighted by atomic mass is 10.3. The summed E-state index contributed by atoms with van der Waals surface area (Å²) in [6.07, 6.45) is 1.81. The highest BCUT2D eigenvalue weighted by molar-refractivity contribution is 9.10. The second kappa shape index (κ2) is 8.56. The topological polar surface area (TPSA) is 66.5 Å². The Hall–Kier alpha value is -1.35. The molecule has 1 saturated heterocycles. The van der Waals surface area contributed by atoms with Gasteiger partial charge in [-0.1, -0.05) is 15.9 Å². The number of amides is 1. The van der Waals surface area contributed by atoms with Crippen LogP contribution in [0.3, 0.4) is 0 Å². The quantitative estimate of drug-likeness (QED) is 0.670. The van der Waals surface area contributed by atoms with Gasteiger partial charge in [-0.2, -0.15) is 4.31 Å². The summed E-state index contributed by atoms with van der Waals surface area (Å²) in [5.74, 6) is 0.156. The maximum Gasteiger partial charge on any atom is 0.243 e. The molecule has 1 aliphatic rings. The summed E-state index contributed by atoms with van der Waals surface area (Å²) in [6, 6.07) is 14.1. The molecule has 0 aromatic heterocycles. The normalized spacial score (nSPS) is 15.1. The van der Waals surface area contributed by atoms with Crippen molar-refractivity contribution >= 4 is 49.3 Å². The van der Waals surface area contributed by atoms with E-state index in [1.165, 1.54) is 16.1 Å². The number of nitrogens with one attached hydrogen (secondary N) is 1. The zero-order chi connectivity index (χ0) is 18.6. The third-order valence-corrected chi connectivity index (χ3v) is 7.48. The predicted molar refractivity (Wildman–Crippen MR) is 108 cm³/mol. The van der Waals surface area contributed by atoms with Crippen LogP contribution >= 0.6 is 27.7 Å². The van der Waals surface area contributed by atoms with Crippen LogP contribution in [-0.4, -0.2) is 37.5 Å². The Morgan fingerprint density at radius 2 is 1.65 bits per heavy atom. The minimum absolute atomic E-state index is 0.131. The van der Waals surface area contributed by atoms with Crippen molar-refractivity contribution in [3.8, 4) is 0 Å². The van der Waals surface area contributed by atoms with Crippen molar-refractivity contribution in [2.24, 2.45) is 0 Å². The van der Waals surface area contributed by atoms with E-state index in [1.54, 1.807) is 24.3 Å². The molecule has 0 aliphatic carbocycles. The lowest BCUT2D eigenvalue weighted by Crippen LogP contribution is -2.27. The molecule has 0 spiro atoms. The van der Waals surface area contributed by atoms with Gasteiger partial charge in [0.1, 0.15) is 0 Å². The molecule has 1 fully saturated rings. The van der Waals surface area contributed by atoms with Gasteiger partial charge in [-0.25, -0.2) is 8.42 Å². The van der Waals surface area contributed by atoms with E-state index < -0.39 is 10.0 Å². The van der Waals surface area contributed by atoms with Crippen molar-refractivity contribution in [2.75, 3.05) is 24.2 Å². The largest absolute Gasteiger partial charge is 0.325 e. The van der Waals surface area contributed by atoms with E-state index >= 15 is 0 Å². The van der Waals surface area contributed by atoms with E-state index in [4.69, 9.17) is 0 Å². The molecule has 2 aromatic carbocycles. The molecular formula is C18H19BrN2O3S2. The van der Waals surface area contributed by atoms with Crippen molar-refractivity contribution in [2.45, 2.75) is 22.6 Å². The summed E-state index contributed by atoms with van der Waals surface area (Å²) >= 11 is 4.82. The summed E-state index contributed by atoms with van der Waals surface area (Å²) < 4.78 is 27.5. The van der Waals surface area contributed by atoms with Crippen LogP contribution in [0.5, 0.6) is 0 Å². The number of hydrogen-bond donors (Lipinski definition) is 1. The van der Waals surface area contributed by atoms with E-state index in [1.807, 2.05) is 24.3 Å². The molecule has 3 rings (SSSR count). The van der Waals surface area contributed by atoms with Gasteiger partial charge < -0.3 is 5.32 Å². The Kier molecular flexibility index (Phi) is 6.39. The summed E-state index contributed by atoms with van der Waals surface area (Å²) in [4.78, 5) is 13.4. The first-order chi connectivity index (χ1) is 12.4. The van der Waals surface area contributed by atoms with Crippen molar-refractivity contribution in [1.29, 1.82) is 0 Å². The molecular weight excluding hydrogens is 436 g/mol. The lowest BCUT2D eigenvalue weighted by molar-refractivity contribution is -0.113. The zero-order valence-electron chi connectivity index (χ0n) is 14.0. The van der Waals surface area contributed by atoms with Gasteiger partial charge in [-0.15, -0.1) is 11.8 Å². The van der Waals surface area contributed by atoms with Gasteiger partial charge in [0.15, 0.2) is 0 Å². The average molecular weight is 455 g/mol. The molecule has 0 unspecified atom stereocenters. The fourth-order valence-electron chi connectivity index (χ4n) is 2.66. The standard InChI is InChI=1S/C18H19BrN2O3S2/c19-14-3-7-16(8-4-14)25-13-18(22)20-15-5-9-17(10-6-15)26(23,24)21-11-1-2-12-21/h3-10H,1-2,11-13H2,(H,20,22). The van der Waals surface area contributed by atoms with Crippen molar-refractivity contribution in [3.63, 3.8) is 0 Å². The monoisotopic (exact) mass is 454 g/mol. The molecule has 5 nitrogen and oxygen atoms in total. The molecule has 1 N–H and O–H groups in total. The highest BCUT2D eigenvalue weighted by Gasteiger charge is 2.26. The van der Waals surface area contributed by atoms with Crippen molar-refractivity contribution in [1.82, 2.24) is 4.31 Å². The molecule has 0 radical (unpaired) electrons. The molecule has 1 amide bonds. The van der Waals surface area contributed by atoms with Gasteiger partial charge in [0.25, 0.3) is 0 Å². The Bertz CT molecular complexity index is 862. The van der Waals surface area contributed by atoms with Crippen LogP contribution < -0.4 is 5.32 Å². The predicted octanol–water partition coefficient (Wildman–Crippen LogP) is 3.96. The fraction of sp³-hybridized carbons (Fsp3) is 0.278. The molecule has 1 aliphatic heterocycles. The first-order valence-electron chi connectivity index (χ1n) is 8.23. The van der Waals surface area contributed by atoms with Crippen LogP contribution in [0.4, 0.5) is 5.69 Å². The molecule has 0 saturated carbocycles. The highest BCUT2D eigenvalue weighted by atomic mass is 79.9. The number of carbonyl (C=O) groups is 1. The summed E-state index contributed by atoms with van der Waals surface area (Å²) in [5.41, 5.74) is 0.590. The molecule has 0 bridgehead atoms. The zero-order valence-corrected chi connectivity index (χ0v) is 17.2. The number of hydrogen-bond acceptors (Lipinski definition) is 4. The van der Waals surface area contributed by atoms with E-state index in [2.05, 4.69) is 21.2 Å². The molecule has 138 valence electrons. The highest BCUT2D eigenvalue weighted by Crippen LogP contribution is 2.23. The number of thioether (sulfide) groups is 1. The number of benzene rings is 2. The van der Waals surface area contributed by atoms with Gasteiger partial charge in [-0.3, -0.25) is 4.79 Å². The first kappa shape index (κ1) is 19.4. The minimum atomic E-state index is -3.42. The van der Waals surface area contributed by atoms with Gasteiger partial charge in [0.05, 0.1) is 10.6 Å². The van der Waals surface area contributed by atoms with Gasteiger partial charge in [-0.05, 0) is 61.4 Å². The molecule has 1 heterocycles. The van der Waals surface area contributed by atoms with Crippen molar-refractivity contribution < 1.29 is 13.2 Å². The van der Waals surface area contributed by atoms with Crippen LogP contribution in [0, 0.1) is 0 Å². The van der Waals surface area contributed by atoms with Crippen LogP contribution in [0.2, 0.25) is 0 Å². The summed E-state index contributed by atoms with van der Waals surface area (Å²) in [6.45, 7) is 1.15. The smallest absolute Gasteiger partial charge is 0.243 e. The van der Waals surface area contributed by atoms with E-state index in [9.17, 15) is 13.2 Å². The summed E-state index contributed by atoms with van der Waals surface area (Å²) in [5, 5.41) is 2.79.